The first-order valence-electron chi connectivity index (χ1n) is 8.59. The van der Waals surface area contributed by atoms with E-state index in [1.54, 1.807) is 36.7 Å². The fourth-order valence-corrected chi connectivity index (χ4v) is 3.82. The van der Waals surface area contributed by atoms with Gasteiger partial charge in [0.1, 0.15) is 5.15 Å². The zero-order valence-corrected chi connectivity index (χ0v) is 18.4. The number of nitrogens with one attached hydrogen (secondary N) is 1. The molecule has 4 nitrogen and oxygen atoms in total. The number of rotatable bonds is 6. The lowest BCUT2D eigenvalue weighted by atomic mass is 10.3. The number of pyridine rings is 1. The normalized spacial score (nSPS) is 12.1. The van der Waals surface area contributed by atoms with E-state index in [1.807, 2.05) is 37.3 Å². The Morgan fingerprint density at radius 2 is 1.90 bits per heavy atom. The lowest BCUT2D eigenvalue weighted by Crippen LogP contribution is -2.22. The van der Waals surface area contributed by atoms with Gasteiger partial charge in [-0.2, -0.15) is 0 Å². The molecule has 0 aliphatic heterocycles. The molecule has 3 rings (SSSR count). The van der Waals surface area contributed by atoms with Crippen LogP contribution in [0.15, 0.2) is 70.7 Å². The maximum Gasteiger partial charge on any atom is 0.237 e. The monoisotopic (exact) mass is 463 g/mol. The van der Waals surface area contributed by atoms with E-state index in [0.29, 0.717) is 20.9 Å². The van der Waals surface area contributed by atoms with Crippen LogP contribution in [-0.2, 0) is 4.79 Å². The number of aliphatic imine (C=N–C) groups is 1. The number of benzene rings is 2. The molecule has 0 bridgehead atoms. The average molecular weight is 465 g/mol. The van der Waals surface area contributed by atoms with Gasteiger partial charge >= 0.3 is 0 Å². The average Bonchev–Trinajstić information content (AvgIpc) is 2.70. The van der Waals surface area contributed by atoms with Gasteiger partial charge in [0.25, 0.3) is 0 Å². The van der Waals surface area contributed by atoms with Crippen molar-refractivity contribution in [3.8, 4) is 0 Å². The molecule has 0 radical (unpaired) electrons. The number of carbonyl (C=O) groups is 1. The molecule has 0 aliphatic carbocycles. The van der Waals surface area contributed by atoms with Crippen LogP contribution in [0.3, 0.4) is 0 Å². The number of hydrogen-bond donors (Lipinski definition) is 1. The molecule has 3 aromatic rings. The molecule has 29 heavy (non-hydrogen) atoms. The highest BCUT2D eigenvalue weighted by Crippen LogP contribution is 2.29. The van der Waals surface area contributed by atoms with E-state index in [9.17, 15) is 4.79 Å². The number of hydrogen-bond acceptors (Lipinski definition) is 4. The highest BCUT2D eigenvalue weighted by atomic mass is 35.5. The number of aromatic nitrogens is 1. The second-order valence-electron chi connectivity index (χ2n) is 6.01. The largest absolute Gasteiger partial charge is 0.324 e. The van der Waals surface area contributed by atoms with Crippen LogP contribution in [-0.4, -0.2) is 22.4 Å². The van der Waals surface area contributed by atoms with Gasteiger partial charge in [0, 0.05) is 27.9 Å². The molecule has 2 aromatic carbocycles. The smallest absolute Gasteiger partial charge is 0.237 e. The number of nitrogens with zero attached hydrogens (tertiary/aromatic N) is 2. The Bertz CT molecular complexity index is 1040. The zero-order chi connectivity index (χ0) is 20.8. The molecule has 1 aromatic heterocycles. The van der Waals surface area contributed by atoms with E-state index in [4.69, 9.17) is 34.8 Å². The molecule has 1 N–H and O–H groups in total. The van der Waals surface area contributed by atoms with Crippen molar-refractivity contribution in [3.05, 3.63) is 81.6 Å². The fraction of sp³-hybridized carbons (Fsp3) is 0.0952. The lowest BCUT2D eigenvalue weighted by Gasteiger charge is -2.13. The molecular weight excluding hydrogens is 449 g/mol. The third-order valence-electron chi connectivity index (χ3n) is 3.85. The van der Waals surface area contributed by atoms with Crippen molar-refractivity contribution in [2.75, 3.05) is 5.32 Å². The van der Waals surface area contributed by atoms with Crippen LogP contribution in [0.5, 0.6) is 0 Å². The molecule has 8 heteroatoms. The second-order valence-corrected chi connectivity index (χ2v) is 8.62. The summed E-state index contributed by atoms with van der Waals surface area (Å²) in [7, 11) is 0. The van der Waals surface area contributed by atoms with Gasteiger partial charge in [-0.3, -0.25) is 9.79 Å². The Morgan fingerprint density at radius 3 is 2.59 bits per heavy atom. The first kappa shape index (κ1) is 21.7. The standard InChI is InChI=1S/C21H16Cl3N3OS/c1-13(21(28)27-19-9-4-15(22)11-18(19)23)29-17-7-5-16(6-8-17)26-12-14-3-2-10-25-20(14)24/h2-13H,1H3,(H,27,28)/t13-/m1/s1. The molecule has 0 spiro atoms. The predicted molar refractivity (Wildman–Crippen MR) is 123 cm³/mol. The van der Waals surface area contributed by atoms with Gasteiger partial charge < -0.3 is 5.32 Å². The Kier molecular flexibility index (Phi) is 7.56. The zero-order valence-electron chi connectivity index (χ0n) is 15.3. The summed E-state index contributed by atoms with van der Waals surface area (Å²) in [6.07, 6.45) is 3.30. The van der Waals surface area contributed by atoms with Gasteiger partial charge in [-0.1, -0.05) is 34.8 Å². The summed E-state index contributed by atoms with van der Waals surface area (Å²) >= 11 is 19.4. The number of anilines is 1. The Balaban J connectivity index is 1.60. The third kappa shape index (κ3) is 6.21. The summed E-state index contributed by atoms with van der Waals surface area (Å²) in [6.45, 7) is 1.83. The fourth-order valence-electron chi connectivity index (χ4n) is 2.33. The summed E-state index contributed by atoms with van der Waals surface area (Å²) in [5.74, 6) is -0.146. The van der Waals surface area contributed by atoms with E-state index in [0.717, 1.165) is 16.1 Å². The molecular formula is C21H16Cl3N3OS. The summed E-state index contributed by atoms with van der Waals surface area (Å²) in [4.78, 5) is 21.8. The van der Waals surface area contributed by atoms with Gasteiger partial charge in [0.2, 0.25) is 5.91 Å². The van der Waals surface area contributed by atoms with Crippen LogP contribution in [0.25, 0.3) is 0 Å². The van der Waals surface area contributed by atoms with Gasteiger partial charge in [-0.15, -0.1) is 11.8 Å². The molecule has 148 valence electrons. The molecule has 1 amide bonds. The number of halogens is 3. The predicted octanol–water partition coefficient (Wildman–Crippen LogP) is 6.91. The summed E-state index contributed by atoms with van der Waals surface area (Å²) in [5, 5.41) is 3.83. The van der Waals surface area contributed by atoms with E-state index >= 15 is 0 Å². The maximum absolute atomic E-state index is 12.4. The van der Waals surface area contributed by atoms with Crippen molar-refractivity contribution < 1.29 is 4.79 Å². The number of carbonyl (C=O) groups excluding carboxylic acids is 1. The molecule has 0 fully saturated rings. The van der Waals surface area contributed by atoms with Crippen molar-refractivity contribution in [1.82, 2.24) is 4.98 Å². The first-order valence-corrected chi connectivity index (χ1v) is 10.6. The first-order chi connectivity index (χ1) is 13.9. The van der Waals surface area contributed by atoms with Crippen LogP contribution in [0.2, 0.25) is 15.2 Å². The van der Waals surface area contributed by atoms with Crippen LogP contribution >= 0.6 is 46.6 Å². The van der Waals surface area contributed by atoms with Crippen LogP contribution < -0.4 is 5.32 Å². The number of amides is 1. The Morgan fingerprint density at radius 1 is 1.14 bits per heavy atom. The van der Waals surface area contributed by atoms with Crippen molar-refractivity contribution >= 4 is 70.1 Å². The summed E-state index contributed by atoms with van der Waals surface area (Å²) < 4.78 is 0. The van der Waals surface area contributed by atoms with E-state index in [1.165, 1.54) is 11.8 Å². The van der Waals surface area contributed by atoms with Crippen molar-refractivity contribution in [3.63, 3.8) is 0 Å². The third-order valence-corrected chi connectivity index (χ3v) is 5.82. The lowest BCUT2D eigenvalue weighted by molar-refractivity contribution is -0.115. The van der Waals surface area contributed by atoms with Crippen LogP contribution in [0, 0.1) is 0 Å². The quantitative estimate of drug-likeness (QED) is 0.245. The van der Waals surface area contributed by atoms with E-state index in [2.05, 4.69) is 15.3 Å². The van der Waals surface area contributed by atoms with Gasteiger partial charge in [0.15, 0.2) is 0 Å². The summed E-state index contributed by atoms with van der Waals surface area (Å²) in [6, 6.07) is 16.2. The topological polar surface area (TPSA) is 54.4 Å². The van der Waals surface area contributed by atoms with Gasteiger partial charge in [-0.05, 0) is 61.5 Å². The summed E-state index contributed by atoms with van der Waals surface area (Å²) in [5.41, 5.74) is 2.06. The molecule has 0 unspecified atom stereocenters. The molecule has 0 saturated heterocycles. The maximum atomic E-state index is 12.4. The van der Waals surface area contributed by atoms with E-state index in [-0.39, 0.29) is 11.2 Å². The minimum atomic E-state index is -0.315. The van der Waals surface area contributed by atoms with Crippen LogP contribution in [0.4, 0.5) is 11.4 Å². The SMILES string of the molecule is C[C@@H](Sc1ccc(N=Cc2cccnc2Cl)cc1)C(=O)Nc1ccc(Cl)cc1Cl. The van der Waals surface area contributed by atoms with Gasteiger partial charge in [-0.25, -0.2) is 4.98 Å². The van der Waals surface area contributed by atoms with Gasteiger partial charge in [0.05, 0.1) is 21.6 Å². The molecule has 0 aliphatic rings. The van der Waals surface area contributed by atoms with Crippen LogP contribution in [0.1, 0.15) is 12.5 Å². The second kappa shape index (κ2) is 10.1. The molecule has 1 heterocycles. The highest BCUT2D eigenvalue weighted by Gasteiger charge is 2.16. The van der Waals surface area contributed by atoms with E-state index < -0.39 is 0 Å². The number of thioether (sulfide) groups is 1. The minimum Gasteiger partial charge on any atom is -0.324 e. The Labute approximate surface area is 188 Å². The molecule has 0 saturated carbocycles. The Hall–Kier alpha value is -2.05. The van der Waals surface area contributed by atoms with Crippen molar-refractivity contribution in [2.45, 2.75) is 17.1 Å². The van der Waals surface area contributed by atoms with Crippen molar-refractivity contribution in [2.24, 2.45) is 4.99 Å². The highest BCUT2D eigenvalue weighted by molar-refractivity contribution is 8.00. The minimum absolute atomic E-state index is 0.146. The molecule has 1 atom stereocenters. The van der Waals surface area contributed by atoms with Crippen molar-refractivity contribution in [1.29, 1.82) is 0 Å².